The van der Waals surface area contributed by atoms with Gasteiger partial charge >= 0.3 is 0 Å². The second-order valence-electron chi connectivity index (χ2n) is 6.99. The Morgan fingerprint density at radius 3 is 2.40 bits per heavy atom. The van der Waals surface area contributed by atoms with Crippen molar-refractivity contribution in [3.63, 3.8) is 0 Å². The number of aromatic amines is 1. The fourth-order valence-corrected chi connectivity index (χ4v) is 2.01. The number of aromatic nitrogens is 3. The number of carbonyl (C=O) groups is 1. The van der Waals surface area contributed by atoms with Gasteiger partial charge < -0.3 is 15.0 Å². The maximum Gasteiger partial charge on any atom is 0.272 e. The number of hydrogen-bond acceptors (Lipinski definition) is 4. The third-order valence-electron chi connectivity index (χ3n) is 3.12. The van der Waals surface area contributed by atoms with Crippen molar-refractivity contribution in [1.82, 2.24) is 20.1 Å². The molecule has 0 saturated heterocycles. The molecule has 0 fully saturated rings. The van der Waals surface area contributed by atoms with Crippen molar-refractivity contribution in [2.75, 3.05) is 13.8 Å². The van der Waals surface area contributed by atoms with Crippen molar-refractivity contribution >= 4 is 12.1 Å². The molecule has 0 unspecified atom stereocenters. The van der Waals surface area contributed by atoms with Gasteiger partial charge in [-0.15, -0.1) is 19.4 Å². The summed E-state index contributed by atoms with van der Waals surface area (Å²) in [5, 5.41) is 7.18. The third-order valence-corrected chi connectivity index (χ3v) is 3.12. The summed E-state index contributed by atoms with van der Waals surface area (Å²) < 4.78 is 6.33. The average Bonchev–Trinajstić information content (AvgIpc) is 3.32. The second-order valence-corrected chi connectivity index (χ2v) is 6.99. The first-order valence-corrected chi connectivity index (χ1v) is 9.49. The van der Waals surface area contributed by atoms with Crippen molar-refractivity contribution < 1.29 is 9.53 Å². The topological polar surface area (TPSA) is 84.3 Å². The first kappa shape index (κ1) is 29.1. The minimum atomic E-state index is -0.256. The first-order chi connectivity index (χ1) is 14.2. The minimum absolute atomic E-state index is 0.138. The first-order valence-electron chi connectivity index (χ1n) is 9.49. The van der Waals surface area contributed by atoms with Crippen LogP contribution in [0.25, 0.3) is 0 Å². The van der Waals surface area contributed by atoms with Gasteiger partial charge in [-0.3, -0.25) is 14.5 Å². The zero-order chi connectivity index (χ0) is 23.6. The van der Waals surface area contributed by atoms with Crippen molar-refractivity contribution in [1.29, 1.82) is 0 Å². The summed E-state index contributed by atoms with van der Waals surface area (Å²) in [5.41, 5.74) is 2.31. The van der Waals surface area contributed by atoms with Crippen LogP contribution < -0.4 is 5.32 Å². The van der Waals surface area contributed by atoms with E-state index in [2.05, 4.69) is 44.6 Å². The number of H-pyrrole nitrogens is 1. The second kappa shape index (κ2) is 16.8. The zero-order valence-corrected chi connectivity index (χ0v) is 19.4. The molecular weight excluding hydrogens is 378 g/mol. The van der Waals surface area contributed by atoms with Gasteiger partial charge in [-0.25, -0.2) is 0 Å². The predicted molar refractivity (Wildman–Crippen MR) is 126 cm³/mol. The Labute approximate surface area is 181 Å². The Morgan fingerprint density at radius 2 is 2.00 bits per heavy atom. The molecule has 2 aromatic rings. The highest BCUT2D eigenvalue weighted by molar-refractivity contribution is 5.92. The van der Waals surface area contributed by atoms with Gasteiger partial charge in [-0.05, 0) is 59.0 Å². The summed E-state index contributed by atoms with van der Waals surface area (Å²) >= 11 is 0. The van der Waals surface area contributed by atoms with Crippen LogP contribution in [0.15, 0.2) is 42.0 Å². The van der Waals surface area contributed by atoms with Crippen LogP contribution in [0.5, 0.6) is 0 Å². The zero-order valence-electron chi connectivity index (χ0n) is 19.4. The number of allylic oxidation sites excluding steroid dienone is 1. The van der Waals surface area contributed by atoms with E-state index in [1.807, 2.05) is 66.1 Å². The van der Waals surface area contributed by atoms with E-state index in [4.69, 9.17) is 0 Å². The van der Waals surface area contributed by atoms with E-state index in [0.717, 1.165) is 17.8 Å². The standard InChI is InChI=1S/C14H20N4O.C4H9NO.C3H6.C2H2/c1-14(2,3)16-13(19)12-9-11(18(4)17-12)8-10-6-5-7-15-10;1-3-5-4-6-2;1-3-2;1-2/h5-7,9,15H,8H2,1-4H3,(H,16,19);3H,4H2,1-2H3;3H,1H2,2H3;1-2H/b;5-3-;;. The van der Waals surface area contributed by atoms with E-state index >= 15 is 0 Å². The molecule has 0 aromatic carbocycles. The van der Waals surface area contributed by atoms with Crippen LogP contribution in [0.1, 0.15) is 56.5 Å². The van der Waals surface area contributed by atoms with Crippen LogP contribution in [0.3, 0.4) is 0 Å². The van der Waals surface area contributed by atoms with Crippen LogP contribution in [-0.2, 0) is 18.2 Å². The van der Waals surface area contributed by atoms with Crippen molar-refractivity contribution in [2.24, 2.45) is 12.0 Å². The summed E-state index contributed by atoms with van der Waals surface area (Å²) in [4.78, 5) is 18.9. The number of nitrogens with one attached hydrogen (secondary N) is 2. The molecule has 30 heavy (non-hydrogen) atoms. The molecule has 0 aliphatic carbocycles. The number of hydrogen-bond donors (Lipinski definition) is 2. The smallest absolute Gasteiger partial charge is 0.272 e. The molecule has 7 heteroatoms. The molecule has 0 atom stereocenters. The summed E-state index contributed by atoms with van der Waals surface area (Å²) in [5.74, 6) is -0.138. The number of nitrogens with zero attached hydrogens (tertiary/aromatic N) is 3. The number of methoxy groups -OCH3 is 1. The van der Waals surface area contributed by atoms with Gasteiger partial charge in [-0.1, -0.05) is 6.08 Å². The van der Waals surface area contributed by atoms with E-state index in [1.165, 1.54) is 0 Å². The SMILES string of the molecule is C#C.C/C=N\COC.C=CC.Cn1nc(C(=O)NC(C)(C)C)cc1Cc1ccc[nH]1. The lowest BCUT2D eigenvalue weighted by atomic mass is 10.1. The van der Waals surface area contributed by atoms with E-state index in [9.17, 15) is 4.79 Å². The normalized spacial score (nSPS) is 9.90. The Kier molecular flexibility index (Phi) is 16.3. The molecule has 0 aliphatic heterocycles. The molecule has 0 saturated carbocycles. The molecular formula is C23H37N5O2. The summed E-state index contributed by atoms with van der Waals surface area (Å²) in [6.45, 7) is 13.4. The van der Waals surface area contributed by atoms with Crippen LogP contribution >= 0.6 is 0 Å². The Bertz CT molecular complexity index is 750. The number of carbonyl (C=O) groups excluding carboxylic acids is 1. The summed E-state index contributed by atoms with van der Waals surface area (Å²) in [6, 6.07) is 5.81. The third kappa shape index (κ3) is 14.0. The molecule has 0 spiro atoms. The number of aryl methyl sites for hydroxylation is 1. The summed E-state index contributed by atoms with van der Waals surface area (Å²) in [7, 11) is 3.47. The van der Waals surface area contributed by atoms with Crippen molar-refractivity contribution in [3.05, 3.63) is 54.1 Å². The van der Waals surface area contributed by atoms with Crippen LogP contribution in [0.2, 0.25) is 0 Å². The van der Waals surface area contributed by atoms with Crippen LogP contribution in [0, 0.1) is 12.8 Å². The molecule has 1 amide bonds. The van der Waals surface area contributed by atoms with E-state index in [0.29, 0.717) is 12.4 Å². The number of terminal acetylenes is 1. The number of ether oxygens (including phenoxy) is 1. The molecule has 2 aromatic heterocycles. The maximum atomic E-state index is 12.0. The van der Waals surface area contributed by atoms with E-state index in [-0.39, 0.29) is 11.4 Å². The largest absolute Gasteiger partial charge is 0.365 e. The van der Waals surface area contributed by atoms with Crippen LogP contribution in [-0.4, -0.2) is 46.3 Å². The Balaban J connectivity index is 0. The number of rotatable bonds is 5. The molecule has 166 valence electrons. The molecule has 2 rings (SSSR count). The lowest BCUT2D eigenvalue weighted by Gasteiger charge is -2.19. The van der Waals surface area contributed by atoms with Crippen molar-refractivity contribution in [2.45, 2.75) is 46.6 Å². The molecule has 2 N–H and O–H groups in total. The quantitative estimate of drug-likeness (QED) is 0.440. The predicted octanol–water partition coefficient (Wildman–Crippen LogP) is 3.99. The van der Waals surface area contributed by atoms with Crippen LogP contribution in [0.4, 0.5) is 0 Å². The molecule has 0 radical (unpaired) electrons. The van der Waals surface area contributed by atoms with Gasteiger partial charge in [0.05, 0.1) is 0 Å². The Hall–Kier alpha value is -3.11. The number of aliphatic imine (C=N–C) groups is 1. The highest BCUT2D eigenvalue weighted by Gasteiger charge is 2.18. The van der Waals surface area contributed by atoms with Gasteiger partial charge in [0.25, 0.3) is 5.91 Å². The van der Waals surface area contributed by atoms with Gasteiger partial charge in [0.15, 0.2) is 0 Å². The van der Waals surface area contributed by atoms with E-state index < -0.39 is 0 Å². The van der Waals surface area contributed by atoms with Gasteiger partial charge in [0.1, 0.15) is 12.4 Å². The summed E-state index contributed by atoms with van der Waals surface area (Å²) in [6.07, 6.45) is 14.1. The van der Waals surface area contributed by atoms with Gasteiger partial charge in [0, 0.05) is 43.7 Å². The highest BCUT2D eigenvalue weighted by Crippen LogP contribution is 2.10. The highest BCUT2D eigenvalue weighted by atomic mass is 16.5. The fourth-order valence-electron chi connectivity index (χ4n) is 2.01. The monoisotopic (exact) mass is 415 g/mol. The van der Waals surface area contributed by atoms with Gasteiger partial charge in [0.2, 0.25) is 0 Å². The van der Waals surface area contributed by atoms with E-state index in [1.54, 1.807) is 24.1 Å². The van der Waals surface area contributed by atoms with Gasteiger partial charge in [-0.2, -0.15) is 5.10 Å². The molecule has 2 heterocycles. The lowest BCUT2D eigenvalue weighted by Crippen LogP contribution is -2.40. The lowest BCUT2D eigenvalue weighted by molar-refractivity contribution is 0.0913. The minimum Gasteiger partial charge on any atom is -0.365 e. The average molecular weight is 416 g/mol. The fraction of sp³-hybridized carbons (Fsp3) is 0.435. The van der Waals surface area contributed by atoms with Crippen molar-refractivity contribution in [3.8, 4) is 12.8 Å². The Morgan fingerprint density at radius 1 is 1.40 bits per heavy atom. The number of amides is 1. The maximum absolute atomic E-state index is 12.0. The molecule has 0 aliphatic rings. The molecule has 0 bridgehead atoms. The molecule has 7 nitrogen and oxygen atoms in total.